The van der Waals surface area contributed by atoms with Gasteiger partial charge in [-0.3, -0.25) is 9.89 Å². The lowest BCUT2D eigenvalue weighted by Gasteiger charge is -2.04. The van der Waals surface area contributed by atoms with Gasteiger partial charge < -0.3 is 4.74 Å². The van der Waals surface area contributed by atoms with Crippen LogP contribution in [-0.4, -0.2) is 28.4 Å². The number of aromatic nitrogens is 2. The number of ether oxygens (including phenoxy) is 1. The van der Waals surface area contributed by atoms with Crippen molar-refractivity contribution < 1.29 is 13.9 Å². The Labute approximate surface area is 162 Å². The molecule has 0 unspecified atom stereocenters. The zero-order valence-electron chi connectivity index (χ0n) is 15.7. The molecule has 144 valence electrons. The molecule has 0 aliphatic rings. The summed E-state index contributed by atoms with van der Waals surface area (Å²) in [5.74, 6) is 0.0587. The normalized spacial score (nSPS) is 11.3. The maximum Gasteiger partial charge on any atom is 0.289 e. The van der Waals surface area contributed by atoms with Crippen LogP contribution in [0.15, 0.2) is 59.7 Å². The van der Waals surface area contributed by atoms with Crippen molar-refractivity contribution in [2.24, 2.45) is 5.10 Å². The molecule has 0 saturated heterocycles. The maximum absolute atomic E-state index is 13.0. The van der Waals surface area contributed by atoms with Crippen molar-refractivity contribution in [3.8, 4) is 17.0 Å². The fourth-order valence-corrected chi connectivity index (χ4v) is 2.48. The molecule has 0 aliphatic heterocycles. The minimum absolute atomic E-state index is 0.289. The van der Waals surface area contributed by atoms with Gasteiger partial charge in [0.1, 0.15) is 17.3 Å². The second-order valence-electron chi connectivity index (χ2n) is 6.18. The van der Waals surface area contributed by atoms with Crippen LogP contribution in [0.25, 0.3) is 11.3 Å². The quantitative estimate of drug-likeness (QED) is 0.477. The van der Waals surface area contributed by atoms with Crippen LogP contribution in [0.5, 0.6) is 5.75 Å². The van der Waals surface area contributed by atoms with E-state index >= 15 is 0 Å². The molecule has 1 heterocycles. The Morgan fingerprint density at radius 1 is 1.18 bits per heavy atom. The van der Waals surface area contributed by atoms with Gasteiger partial charge in [0.15, 0.2) is 0 Å². The molecule has 3 rings (SSSR count). The number of aromatic amines is 1. The number of amides is 1. The van der Waals surface area contributed by atoms with Gasteiger partial charge in [-0.25, -0.2) is 9.82 Å². The minimum Gasteiger partial charge on any atom is -0.494 e. The average Bonchev–Trinajstić information content (AvgIpc) is 3.21. The summed E-state index contributed by atoms with van der Waals surface area (Å²) in [6.45, 7) is 4.45. The van der Waals surface area contributed by atoms with Crippen molar-refractivity contribution in [3.05, 3.63) is 71.7 Å². The Hall–Kier alpha value is -3.48. The second kappa shape index (κ2) is 8.94. The summed E-state index contributed by atoms with van der Waals surface area (Å²) in [4.78, 5) is 12.3. The van der Waals surface area contributed by atoms with Gasteiger partial charge in [-0.2, -0.15) is 10.2 Å². The number of rotatable bonds is 7. The number of H-pyrrole nitrogens is 1. The summed E-state index contributed by atoms with van der Waals surface area (Å²) in [7, 11) is 0. The van der Waals surface area contributed by atoms with E-state index in [2.05, 4.69) is 27.6 Å². The first-order valence-electron chi connectivity index (χ1n) is 8.96. The second-order valence-corrected chi connectivity index (χ2v) is 6.18. The number of halogens is 1. The highest BCUT2D eigenvalue weighted by Gasteiger charge is 2.11. The standard InChI is InChI=1S/C21H21FN4O2/c1-3-12-28-18-10-6-16(7-11-18)19-13-20(25-24-19)21(27)26-23-14(2)15-4-8-17(22)9-5-15/h4-11,13H,3,12H2,1-2H3,(H,24,25)(H,26,27)/b23-14-. The molecule has 0 spiro atoms. The first-order chi connectivity index (χ1) is 13.6. The average molecular weight is 380 g/mol. The van der Waals surface area contributed by atoms with Crippen LogP contribution < -0.4 is 10.2 Å². The van der Waals surface area contributed by atoms with Gasteiger partial charge in [0.25, 0.3) is 5.91 Å². The lowest BCUT2D eigenvalue weighted by Crippen LogP contribution is -2.19. The van der Waals surface area contributed by atoms with Crippen LogP contribution in [0, 0.1) is 5.82 Å². The van der Waals surface area contributed by atoms with E-state index in [4.69, 9.17) is 4.74 Å². The Morgan fingerprint density at radius 2 is 1.89 bits per heavy atom. The Morgan fingerprint density at radius 3 is 2.57 bits per heavy atom. The van der Waals surface area contributed by atoms with E-state index in [1.54, 1.807) is 25.1 Å². The zero-order valence-corrected chi connectivity index (χ0v) is 15.7. The molecule has 0 saturated carbocycles. The minimum atomic E-state index is -0.414. The number of hydrogen-bond donors (Lipinski definition) is 2. The van der Waals surface area contributed by atoms with E-state index in [9.17, 15) is 9.18 Å². The van der Waals surface area contributed by atoms with E-state index in [0.29, 0.717) is 18.0 Å². The van der Waals surface area contributed by atoms with Crippen molar-refractivity contribution in [2.75, 3.05) is 6.61 Å². The topological polar surface area (TPSA) is 79.4 Å². The highest BCUT2D eigenvalue weighted by atomic mass is 19.1. The number of nitrogens with zero attached hydrogens (tertiary/aromatic N) is 2. The van der Waals surface area contributed by atoms with Crippen molar-refractivity contribution >= 4 is 11.6 Å². The predicted octanol–water partition coefficient (Wildman–Crippen LogP) is 4.16. The van der Waals surface area contributed by atoms with Crippen LogP contribution in [-0.2, 0) is 0 Å². The van der Waals surface area contributed by atoms with Gasteiger partial charge in [-0.05, 0) is 61.4 Å². The zero-order chi connectivity index (χ0) is 19.9. The molecule has 0 radical (unpaired) electrons. The molecule has 0 atom stereocenters. The molecule has 0 bridgehead atoms. The summed E-state index contributed by atoms with van der Waals surface area (Å²) >= 11 is 0. The summed E-state index contributed by atoms with van der Waals surface area (Å²) in [5.41, 5.74) is 5.56. The number of carbonyl (C=O) groups excluding carboxylic acids is 1. The fraction of sp³-hybridized carbons (Fsp3) is 0.190. The largest absolute Gasteiger partial charge is 0.494 e. The smallest absolute Gasteiger partial charge is 0.289 e. The predicted molar refractivity (Wildman–Crippen MR) is 106 cm³/mol. The molecule has 0 aliphatic carbocycles. The van der Waals surface area contributed by atoms with Crippen LogP contribution in [0.4, 0.5) is 4.39 Å². The molecular weight excluding hydrogens is 359 g/mol. The van der Waals surface area contributed by atoms with E-state index in [1.807, 2.05) is 24.3 Å². The van der Waals surface area contributed by atoms with Crippen LogP contribution in [0.3, 0.4) is 0 Å². The van der Waals surface area contributed by atoms with Crippen LogP contribution in [0.1, 0.15) is 36.3 Å². The van der Waals surface area contributed by atoms with E-state index in [0.717, 1.165) is 23.3 Å². The van der Waals surface area contributed by atoms with Crippen molar-refractivity contribution in [2.45, 2.75) is 20.3 Å². The summed E-state index contributed by atoms with van der Waals surface area (Å²) in [6.07, 6.45) is 0.947. The number of carbonyl (C=O) groups is 1. The summed E-state index contributed by atoms with van der Waals surface area (Å²) in [6, 6.07) is 15.1. The lowest BCUT2D eigenvalue weighted by molar-refractivity contribution is 0.0950. The molecule has 2 N–H and O–H groups in total. The van der Waals surface area contributed by atoms with Crippen molar-refractivity contribution in [1.29, 1.82) is 0 Å². The molecule has 1 aromatic heterocycles. The van der Waals surface area contributed by atoms with E-state index in [1.165, 1.54) is 12.1 Å². The molecule has 28 heavy (non-hydrogen) atoms. The molecular formula is C21H21FN4O2. The molecule has 0 fully saturated rings. The SMILES string of the molecule is CCCOc1ccc(-c2cc(C(=O)N/N=C(/C)c3ccc(F)cc3)[nH]n2)cc1. The molecule has 6 nitrogen and oxygen atoms in total. The number of hydrazone groups is 1. The fourth-order valence-electron chi connectivity index (χ4n) is 2.48. The Balaban J connectivity index is 1.65. The number of nitrogens with one attached hydrogen (secondary N) is 2. The van der Waals surface area contributed by atoms with Gasteiger partial charge in [-0.1, -0.05) is 19.1 Å². The summed E-state index contributed by atoms with van der Waals surface area (Å²) in [5, 5.41) is 10.9. The first-order valence-corrected chi connectivity index (χ1v) is 8.96. The molecule has 2 aromatic carbocycles. The summed E-state index contributed by atoms with van der Waals surface area (Å²) < 4.78 is 18.5. The van der Waals surface area contributed by atoms with Gasteiger partial charge in [0, 0.05) is 5.56 Å². The third-order valence-electron chi connectivity index (χ3n) is 4.03. The third-order valence-corrected chi connectivity index (χ3v) is 4.03. The van der Waals surface area contributed by atoms with Crippen LogP contribution in [0.2, 0.25) is 0 Å². The van der Waals surface area contributed by atoms with Gasteiger partial charge in [0.2, 0.25) is 0 Å². The number of benzene rings is 2. The van der Waals surface area contributed by atoms with Crippen molar-refractivity contribution in [1.82, 2.24) is 15.6 Å². The monoisotopic (exact) mass is 380 g/mol. The molecule has 7 heteroatoms. The first kappa shape index (κ1) is 19.3. The maximum atomic E-state index is 13.0. The van der Waals surface area contributed by atoms with Gasteiger partial charge in [0.05, 0.1) is 18.0 Å². The van der Waals surface area contributed by atoms with E-state index < -0.39 is 5.91 Å². The highest BCUT2D eigenvalue weighted by molar-refractivity contribution is 6.00. The van der Waals surface area contributed by atoms with Crippen LogP contribution >= 0.6 is 0 Å². The molecule has 1 amide bonds. The highest BCUT2D eigenvalue weighted by Crippen LogP contribution is 2.21. The Bertz CT molecular complexity index is 963. The third kappa shape index (κ3) is 4.82. The van der Waals surface area contributed by atoms with Gasteiger partial charge in [-0.15, -0.1) is 0 Å². The lowest BCUT2D eigenvalue weighted by atomic mass is 10.1. The number of hydrogen-bond acceptors (Lipinski definition) is 4. The van der Waals surface area contributed by atoms with Crippen molar-refractivity contribution in [3.63, 3.8) is 0 Å². The van der Waals surface area contributed by atoms with E-state index in [-0.39, 0.29) is 11.5 Å². The van der Waals surface area contributed by atoms with Gasteiger partial charge >= 0.3 is 0 Å². The molecule has 3 aromatic rings. The Kier molecular flexibility index (Phi) is 6.16.